The van der Waals surface area contributed by atoms with E-state index in [-0.39, 0.29) is 12.3 Å². The highest BCUT2D eigenvalue weighted by Gasteiger charge is 2.26. The first-order valence-corrected chi connectivity index (χ1v) is 8.22. The molecule has 0 fully saturated rings. The lowest BCUT2D eigenvalue weighted by atomic mass is 9.92. The molecule has 1 amide bonds. The molecule has 0 aromatic heterocycles. The first kappa shape index (κ1) is 18.2. The Bertz CT molecular complexity index is 653. The molecule has 24 heavy (non-hydrogen) atoms. The van der Waals surface area contributed by atoms with Crippen molar-refractivity contribution in [1.29, 1.82) is 0 Å². The molecule has 4 nitrogen and oxygen atoms in total. The molecule has 0 bridgehead atoms. The van der Waals surface area contributed by atoms with Gasteiger partial charge in [0, 0.05) is 13.2 Å². The van der Waals surface area contributed by atoms with Gasteiger partial charge >= 0.3 is 0 Å². The van der Waals surface area contributed by atoms with E-state index < -0.39 is 5.60 Å². The van der Waals surface area contributed by atoms with Crippen molar-refractivity contribution in [2.45, 2.75) is 39.0 Å². The fourth-order valence-electron chi connectivity index (χ4n) is 2.55. The van der Waals surface area contributed by atoms with Crippen LogP contribution in [0.1, 0.15) is 37.0 Å². The Balaban J connectivity index is 1.94. The molecule has 2 aromatic rings. The highest BCUT2D eigenvalue weighted by atomic mass is 16.5. The Kier molecular flexibility index (Phi) is 6.53. The molecule has 128 valence electrons. The Morgan fingerprint density at radius 1 is 1.08 bits per heavy atom. The van der Waals surface area contributed by atoms with Crippen LogP contribution in [0.2, 0.25) is 0 Å². The molecule has 1 atom stereocenters. The number of ether oxygens (including phenoxy) is 1. The Hall–Kier alpha value is -2.17. The molecule has 0 saturated carbocycles. The van der Waals surface area contributed by atoms with Crippen LogP contribution in [0, 0.1) is 0 Å². The fraction of sp³-hybridized carbons (Fsp3) is 0.350. The van der Waals surface area contributed by atoms with Gasteiger partial charge in [-0.15, -0.1) is 0 Å². The lowest BCUT2D eigenvalue weighted by molar-refractivity contribution is -0.126. The van der Waals surface area contributed by atoms with Crippen molar-refractivity contribution in [2.75, 3.05) is 6.61 Å². The van der Waals surface area contributed by atoms with E-state index in [4.69, 9.17) is 4.74 Å². The summed E-state index contributed by atoms with van der Waals surface area (Å²) in [5.41, 5.74) is 1.64. The molecular weight excluding hydrogens is 302 g/mol. The normalized spacial score (nSPS) is 13.3. The lowest BCUT2D eigenvalue weighted by Crippen LogP contribution is -2.32. The molecule has 2 aromatic carbocycles. The van der Waals surface area contributed by atoms with Gasteiger partial charge in [-0.25, -0.2) is 0 Å². The highest BCUT2D eigenvalue weighted by molar-refractivity contribution is 5.77. The average Bonchev–Trinajstić information content (AvgIpc) is 2.59. The second-order valence-electron chi connectivity index (χ2n) is 6.00. The molecule has 0 heterocycles. The molecule has 0 aliphatic carbocycles. The molecule has 4 heteroatoms. The monoisotopic (exact) mass is 327 g/mol. The van der Waals surface area contributed by atoms with Crippen molar-refractivity contribution in [1.82, 2.24) is 5.32 Å². The van der Waals surface area contributed by atoms with Crippen molar-refractivity contribution in [3.63, 3.8) is 0 Å². The summed E-state index contributed by atoms with van der Waals surface area (Å²) in [6.07, 6.45) is 0.0185. The quantitative estimate of drug-likeness (QED) is 0.783. The zero-order chi connectivity index (χ0) is 17.4. The number of hydrogen-bond acceptors (Lipinski definition) is 3. The van der Waals surface area contributed by atoms with E-state index in [9.17, 15) is 9.90 Å². The summed E-state index contributed by atoms with van der Waals surface area (Å²) in [6, 6.07) is 17.1. The van der Waals surface area contributed by atoms with E-state index in [1.165, 1.54) is 0 Å². The zero-order valence-electron chi connectivity index (χ0n) is 14.3. The van der Waals surface area contributed by atoms with Gasteiger partial charge in [0.2, 0.25) is 5.91 Å². The second kappa shape index (κ2) is 8.62. The minimum Gasteiger partial charge on any atom is -0.385 e. The number of benzene rings is 2. The highest BCUT2D eigenvalue weighted by Crippen LogP contribution is 2.24. The van der Waals surface area contributed by atoms with Gasteiger partial charge in [0.05, 0.1) is 18.6 Å². The van der Waals surface area contributed by atoms with Crippen LogP contribution in [0.3, 0.4) is 0 Å². The summed E-state index contributed by atoms with van der Waals surface area (Å²) in [7, 11) is 0. The summed E-state index contributed by atoms with van der Waals surface area (Å²) >= 11 is 0. The molecule has 0 aliphatic heterocycles. The van der Waals surface area contributed by atoms with E-state index in [2.05, 4.69) is 5.32 Å². The van der Waals surface area contributed by atoms with Crippen LogP contribution in [0.4, 0.5) is 0 Å². The molecule has 0 spiro atoms. The Morgan fingerprint density at radius 3 is 2.38 bits per heavy atom. The van der Waals surface area contributed by atoms with Gasteiger partial charge in [-0.05, 0) is 30.5 Å². The van der Waals surface area contributed by atoms with Gasteiger partial charge < -0.3 is 15.2 Å². The molecule has 0 radical (unpaired) electrons. The standard InChI is InChI=1S/C20H25NO3/c1-3-24-15-17-10-8-7-9-16(17)14-21-19(22)13-20(2,23)18-11-5-4-6-12-18/h4-12,23H,3,13-15H2,1-2H3,(H,21,22). The summed E-state index contributed by atoms with van der Waals surface area (Å²) in [5.74, 6) is -0.185. The minimum absolute atomic E-state index is 0.0185. The largest absolute Gasteiger partial charge is 0.385 e. The maximum absolute atomic E-state index is 12.2. The third-order valence-corrected chi connectivity index (χ3v) is 3.96. The Morgan fingerprint density at radius 2 is 1.71 bits per heavy atom. The van der Waals surface area contributed by atoms with Gasteiger partial charge in [0.15, 0.2) is 0 Å². The van der Waals surface area contributed by atoms with Gasteiger partial charge in [-0.3, -0.25) is 4.79 Å². The number of carbonyl (C=O) groups excluding carboxylic acids is 1. The van der Waals surface area contributed by atoms with E-state index >= 15 is 0 Å². The number of aliphatic hydroxyl groups is 1. The topological polar surface area (TPSA) is 58.6 Å². The van der Waals surface area contributed by atoms with Gasteiger partial charge in [-0.2, -0.15) is 0 Å². The Labute approximate surface area is 143 Å². The van der Waals surface area contributed by atoms with Gasteiger partial charge in [-0.1, -0.05) is 54.6 Å². The minimum atomic E-state index is -1.18. The third kappa shape index (κ3) is 5.18. The van der Waals surface area contributed by atoms with Gasteiger partial charge in [0.25, 0.3) is 0 Å². The molecule has 2 N–H and O–H groups in total. The van der Waals surface area contributed by atoms with E-state index in [0.717, 1.165) is 16.7 Å². The van der Waals surface area contributed by atoms with Crippen molar-refractivity contribution in [3.05, 3.63) is 71.3 Å². The summed E-state index contributed by atoms with van der Waals surface area (Å²) in [4.78, 5) is 12.2. The van der Waals surface area contributed by atoms with Crippen molar-refractivity contribution in [2.24, 2.45) is 0 Å². The van der Waals surface area contributed by atoms with Crippen molar-refractivity contribution >= 4 is 5.91 Å². The summed E-state index contributed by atoms with van der Waals surface area (Å²) in [6.45, 7) is 5.22. The van der Waals surface area contributed by atoms with Crippen molar-refractivity contribution in [3.8, 4) is 0 Å². The van der Waals surface area contributed by atoms with Crippen LogP contribution < -0.4 is 5.32 Å². The number of nitrogens with one attached hydrogen (secondary N) is 1. The maximum Gasteiger partial charge on any atom is 0.223 e. The maximum atomic E-state index is 12.2. The van der Waals surface area contributed by atoms with Crippen LogP contribution >= 0.6 is 0 Å². The smallest absolute Gasteiger partial charge is 0.223 e. The van der Waals surface area contributed by atoms with E-state index in [1.807, 2.05) is 61.5 Å². The number of rotatable bonds is 8. The molecule has 0 aliphatic rings. The van der Waals surface area contributed by atoms with E-state index in [1.54, 1.807) is 6.92 Å². The average molecular weight is 327 g/mol. The second-order valence-corrected chi connectivity index (χ2v) is 6.00. The number of amides is 1. The third-order valence-electron chi connectivity index (χ3n) is 3.96. The number of carbonyl (C=O) groups is 1. The molecule has 0 saturated heterocycles. The summed E-state index contributed by atoms with van der Waals surface area (Å²) < 4.78 is 5.45. The van der Waals surface area contributed by atoms with Crippen LogP contribution in [0.25, 0.3) is 0 Å². The van der Waals surface area contributed by atoms with E-state index in [0.29, 0.717) is 19.8 Å². The zero-order valence-corrected chi connectivity index (χ0v) is 14.3. The molecular formula is C20H25NO3. The first-order valence-electron chi connectivity index (χ1n) is 8.22. The number of hydrogen-bond donors (Lipinski definition) is 2. The van der Waals surface area contributed by atoms with Crippen LogP contribution in [-0.2, 0) is 28.3 Å². The van der Waals surface area contributed by atoms with Gasteiger partial charge in [0.1, 0.15) is 0 Å². The first-order chi connectivity index (χ1) is 11.5. The lowest BCUT2D eigenvalue weighted by Gasteiger charge is -2.23. The van der Waals surface area contributed by atoms with Crippen LogP contribution in [0.15, 0.2) is 54.6 Å². The van der Waals surface area contributed by atoms with Crippen LogP contribution in [0.5, 0.6) is 0 Å². The fourth-order valence-corrected chi connectivity index (χ4v) is 2.55. The SMILES string of the molecule is CCOCc1ccccc1CNC(=O)CC(C)(O)c1ccccc1. The molecule has 1 unspecified atom stereocenters. The predicted octanol–water partition coefficient (Wildman–Crippen LogP) is 3.14. The van der Waals surface area contributed by atoms with Crippen molar-refractivity contribution < 1.29 is 14.6 Å². The molecule has 2 rings (SSSR count). The van der Waals surface area contributed by atoms with Crippen LogP contribution in [-0.4, -0.2) is 17.6 Å². The predicted molar refractivity (Wildman–Crippen MR) is 94.2 cm³/mol. The summed E-state index contributed by atoms with van der Waals surface area (Å²) in [5, 5.41) is 13.4.